The molecule has 0 unspecified atom stereocenters. The molecule has 0 aliphatic rings. The van der Waals surface area contributed by atoms with Gasteiger partial charge in [-0.05, 0) is 51.0 Å². The van der Waals surface area contributed by atoms with Crippen LogP contribution in [0.5, 0.6) is 0 Å². The lowest BCUT2D eigenvalue weighted by molar-refractivity contribution is 0.203. The normalized spacial score (nSPS) is 12.2. The van der Waals surface area contributed by atoms with Crippen molar-refractivity contribution in [1.82, 2.24) is 4.90 Å². The SMILES string of the molecule is CC(C)C(=C(C(C)C)N(C(C)C)C(C)C)C(C)C. The average Bonchev–Trinajstić information content (AvgIpc) is 2.13. The number of rotatable bonds is 6. The Morgan fingerprint density at radius 1 is 0.556 bits per heavy atom. The van der Waals surface area contributed by atoms with Gasteiger partial charge in [-0.15, -0.1) is 0 Å². The Balaban J connectivity index is 5.84. The third-order valence-electron chi connectivity index (χ3n) is 3.48. The van der Waals surface area contributed by atoms with Crippen LogP contribution in [0.4, 0.5) is 0 Å². The zero-order chi connectivity index (χ0) is 14.6. The van der Waals surface area contributed by atoms with Gasteiger partial charge in [0.2, 0.25) is 0 Å². The lowest BCUT2D eigenvalue weighted by atomic mass is 9.86. The van der Waals surface area contributed by atoms with Crippen LogP contribution in [0, 0.1) is 17.8 Å². The smallest absolute Gasteiger partial charge is 0.0233 e. The summed E-state index contributed by atoms with van der Waals surface area (Å²) < 4.78 is 0. The second-order valence-electron chi connectivity index (χ2n) is 6.90. The summed E-state index contributed by atoms with van der Waals surface area (Å²) in [6.45, 7) is 23.2. The van der Waals surface area contributed by atoms with Crippen molar-refractivity contribution in [3.8, 4) is 0 Å². The first-order valence-corrected chi connectivity index (χ1v) is 7.63. The van der Waals surface area contributed by atoms with Gasteiger partial charge in [0.25, 0.3) is 0 Å². The van der Waals surface area contributed by atoms with E-state index in [1.54, 1.807) is 11.3 Å². The fraction of sp³-hybridized carbons (Fsp3) is 0.882. The second-order valence-corrected chi connectivity index (χ2v) is 6.90. The summed E-state index contributed by atoms with van der Waals surface area (Å²) in [7, 11) is 0. The molecule has 0 aromatic heterocycles. The molecule has 108 valence electrons. The quantitative estimate of drug-likeness (QED) is 0.618. The molecule has 0 amide bonds. The Bertz CT molecular complexity index is 251. The highest BCUT2D eigenvalue weighted by molar-refractivity contribution is 5.20. The Kier molecular flexibility index (Phi) is 7.02. The van der Waals surface area contributed by atoms with Crippen LogP contribution >= 0.6 is 0 Å². The third-order valence-corrected chi connectivity index (χ3v) is 3.48. The Morgan fingerprint density at radius 3 is 1.06 bits per heavy atom. The van der Waals surface area contributed by atoms with E-state index in [1.165, 1.54) is 0 Å². The van der Waals surface area contributed by atoms with Gasteiger partial charge in [-0.1, -0.05) is 41.5 Å². The molecule has 1 heteroatoms. The van der Waals surface area contributed by atoms with Gasteiger partial charge in [0.1, 0.15) is 0 Å². The van der Waals surface area contributed by atoms with Crippen LogP contribution in [0.2, 0.25) is 0 Å². The highest BCUT2D eigenvalue weighted by Gasteiger charge is 2.25. The maximum Gasteiger partial charge on any atom is 0.0233 e. The fourth-order valence-electron chi connectivity index (χ4n) is 3.19. The predicted octanol–water partition coefficient (Wildman–Crippen LogP) is 5.33. The van der Waals surface area contributed by atoms with Crippen molar-refractivity contribution >= 4 is 0 Å². The molecule has 0 fully saturated rings. The van der Waals surface area contributed by atoms with Crippen molar-refractivity contribution in [3.63, 3.8) is 0 Å². The monoisotopic (exact) mass is 253 g/mol. The Hall–Kier alpha value is -0.460. The van der Waals surface area contributed by atoms with E-state index in [2.05, 4.69) is 74.1 Å². The minimum atomic E-state index is 0.565. The Morgan fingerprint density at radius 2 is 0.889 bits per heavy atom. The fourth-order valence-corrected chi connectivity index (χ4v) is 3.19. The molecule has 0 saturated heterocycles. The van der Waals surface area contributed by atoms with Gasteiger partial charge >= 0.3 is 0 Å². The largest absolute Gasteiger partial charge is 0.370 e. The van der Waals surface area contributed by atoms with E-state index >= 15 is 0 Å². The number of nitrogens with zero attached hydrogens (tertiary/aromatic N) is 1. The molecule has 18 heavy (non-hydrogen) atoms. The zero-order valence-electron chi connectivity index (χ0n) is 14.3. The van der Waals surface area contributed by atoms with Gasteiger partial charge in [-0.25, -0.2) is 0 Å². The number of allylic oxidation sites excluding steroid dienone is 2. The molecule has 0 N–H and O–H groups in total. The highest BCUT2D eigenvalue weighted by Crippen LogP contribution is 2.32. The van der Waals surface area contributed by atoms with E-state index in [4.69, 9.17) is 0 Å². The summed E-state index contributed by atoms with van der Waals surface area (Å²) in [4.78, 5) is 2.61. The summed E-state index contributed by atoms with van der Waals surface area (Å²) in [6, 6.07) is 1.13. The van der Waals surface area contributed by atoms with Gasteiger partial charge in [0.05, 0.1) is 0 Å². The summed E-state index contributed by atoms with van der Waals surface area (Å²) in [5.41, 5.74) is 3.21. The minimum Gasteiger partial charge on any atom is -0.370 e. The predicted molar refractivity (Wildman–Crippen MR) is 83.7 cm³/mol. The second kappa shape index (κ2) is 7.21. The van der Waals surface area contributed by atoms with Gasteiger partial charge in [0.15, 0.2) is 0 Å². The van der Waals surface area contributed by atoms with Crippen LogP contribution in [0.1, 0.15) is 69.2 Å². The van der Waals surface area contributed by atoms with E-state index in [-0.39, 0.29) is 0 Å². The molecule has 0 atom stereocenters. The van der Waals surface area contributed by atoms with Crippen LogP contribution in [-0.2, 0) is 0 Å². The standard InChI is InChI=1S/C17H35N/c1-11(2)16(12(3)4)17(13(5)6)18(14(7)8)15(9)10/h11-15H,1-10H3. The molecule has 0 aromatic rings. The van der Waals surface area contributed by atoms with Crippen molar-refractivity contribution < 1.29 is 0 Å². The highest BCUT2D eigenvalue weighted by atomic mass is 15.2. The van der Waals surface area contributed by atoms with Crippen molar-refractivity contribution in [3.05, 3.63) is 11.3 Å². The molecule has 1 nitrogen and oxygen atoms in total. The lowest BCUT2D eigenvalue weighted by Crippen LogP contribution is -2.39. The molecule has 0 saturated carbocycles. The molecule has 0 aliphatic heterocycles. The first kappa shape index (κ1) is 17.5. The van der Waals surface area contributed by atoms with E-state index in [9.17, 15) is 0 Å². The van der Waals surface area contributed by atoms with Crippen LogP contribution in [0.25, 0.3) is 0 Å². The maximum atomic E-state index is 2.61. The zero-order valence-corrected chi connectivity index (χ0v) is 14.3. The van der Waals surface area contributed by atoms with Gasteiger partial charge in [0, 0.05) is 17.8 Å². The summed E-state index contributed by atoms with van der Waals surface area (Å²) in [5, 5.41) is 0. The summed E-state index contributed by atoms with van der Waals surface area (Å²) in [5.74, 6) is 1.85. The van der Waals surface area contributed by atoms with Gasteiger partial charge in [-0.3, -0.25) is 0 Å². The molecule has 0 radical (unpaired) electrons. The van der Waals surface area contributed by atoms with Gasteiger partial charge < -0.3 is 4.90 Å². The van der Waals surface area contributed by atoms with Crippen molar-refractivity contribution in [1.29, 1.82) is 0 Å². The van der Waals surface area contributed by atoms with Crippen LogP contribution in [0.3, 0.4) is 0 Å². The molecule has 0 bridgehead atoms. The maximum absolute atomic E-state index is 2.61. The van der Waals surface area contributed by atoms with Crippen molar-refractivity contribution in [2.75, 3.05) is 0 Å². The van der Waals surface area contributed by atoms with Crippen LogP contribution in [0.15, 0.2) is 11.3 Å². The molecule has 0 aromatic carbocycles. The number of hydrogen-bond donors (Lipinski definition) is 0. The van der Waals surface area contributed by atoms with E-state index in [0.29, 0.717) is 29.8 Å². The summed E-state index contributed by atoms with van der Waals surface area (Å²) in [6.07, 6.45) is 0. The average molecular weight is 253 g/mol. The number of hydrogen-bond acceptors (Lipinski definition) is 1. The topological polar surface area (TPSA) is 3.24 Å². The lowest BCUT2D eigenvalue weighted by Gasteiger charge is -2.40. The molecular weight excluding hydrogens is 218 g/mol. The molecule has 0 rings (SSSR count). The van der Waals surface area contributed by atoms with E-state index in [1.807, 2.05) is 0 Å². The first-order valence-electron chi connectivity index (χ1n) is 7.63. The summed E-state index contributed by atoms with van der Waals surface area (Å²) >= 11 is 0. The minimum absolute atomic E-state index is 0.565. The van der Waals surface area contributed by atoms with E-state index in [0.717, 1.165) is 0 Å². The van der Waals surface area contributed by atoms with Gasteiger partial charge in [-0.2, -0.15) is 0 Å². The van der Waals surface area contributed by atoms with Crippen LogP contribution < -0.4 is 0 Å². The Labute approximate surface area is 116 Å². The van der Waals surface area contributed by atoms with Crippen LogP contribution in [-0.4, -0.2) is 17.0 Å². The third kappa shape index (κ3) is 4.33. The molecular formula is C17H35N. The van der Waals surface area contributed by atoms with E-state index < -0.39 is 0 Å². The molecule has 0 aliphatic carbocycles. The first-order chi connectivity index (χ1) is 8.11. The molecule has 0 spiro atoms. The van der Waals surface area contributed by atoms with Crippen molar-refractivity contribution in [2.24, 2.45) is 17.8 Å². The van der Waals surface area contributed by atoms with Crippen molar-refractivity contribution in [2.45, 2.75) is 81.3 Å². The molecule has 0 heterocycles.